The predicted molar refractivity (Wildman–Crippen MR) is 141 cm³/mol. The molecule has 0 unspecified atom stereocenters. The molecule has 0 aromatic carbocycles. The van der Waals surface area contributed by atoms with Gasteiger partial charge in [0, 0.05) is 16.5 Å². The summed E-state index contributed by atoms with van der Waals surface area (Å²) in [5, 5.41) is 13.6. The highest BCUT2D eigenvalue weighted by molar-refractivity contribution is 6.06. The van der Waals surface area contributed by atoms with Crippen LogP contribution in [0.1, 0.15) is 93.4 Å². The first-order valence-electron chi connectivity index (χ1n) is 13.8. The molecule has 3 saturated carbocycles. The van der Waals surface area contributed by atoms with Crippen LogP contribution >= 0.6 is 0 Å². The fraction of sp³-hybridized carbons (Fsp3) is 0.677. The number of fused-ring (bicyclic) bond motifs is 7. The fourth-order valence-corrected chi connectivity index (χ4v) is 8.98. The number of hydrogen-bond donors (Lipinski definition) is 2. The van der Waals surface area contributed by atoms with Gasteiger partial charge in [0.1, 0.15) is 0 Å². The topological polar surface area (TPSA) is 75.6 Å². The lowest BCUT2D eigenvalue weighted by Crippen LogP contribution is -2.64. The standard InChI is InChI=1S/C31H43NO4/c1-8-36-26(35)32-28(4)13-11-27(3)12-15-30(6)23-10-9-20-19(2)25(34)22(33)17-21(20)29(23,5)14-16-31(30,7)24(27)18-28/h9-10,17,24,34H,8,11-16,18H2,1-7H3,(H,32,35)/t24-,27-,28-,29+,30-,31+/m1/s1. The van der Waals surface area contributed by atoms with Crippen LogP contribution in [-0.2, 0) is 9.53 Å². The molecule has 5 aliphatic carbocycles. The normalized spacial score (nSPS) is 43.7. The van der Waals surface area contributed by atoms with Gasteiger partial charge >= 0.3 is 6.09 Å². The summed E-state index contributed by atoms with van der Waals surface area (Å²) < 4.78 is 5.26. The van der Waals surface area contributed by atoms with Crippen molar-refractivity contribution in [3.05, 3.63) is 46.3 Å². The minimum absolute atomic E-state index is 0.0185. The SMILES string of the molecule is CCOC(=O)N[C@]1(C)CC[C@]2(C)CC[C@]3(C)C4=CC=C5C(=CC(=O)C(O)=C5C)[C@]4(C)CC[C@@]3(C)[C@@H]2C1. The van der Waals surface area contributed by atoms with Crippen molar-refractivity contribution in [3.8, 4) is 0 Å². The number of ether oxygens (including phenoxy) is 1. The van der Waals surface area contributed by atoms with Gasteiger partial charge in [-0.1, -0.05) is 45.4 Å². The summed E-state index contributed by atoms with van der Waals surface area (Å²) in [4.78, 5) is 25.1. The molecule has 5 nitrogen and oxygen atoms in total. The maximum Gasteiger partial charge on any atom is 0.407 e. The van der Waals surface area contributed by atoms with Gasteiger partial charge in [-0.15, -0.1) is 0 Å². The monoisotopic (exact) mass is 493 g/mol. The van der Waals surface area contributed by atoms with Crippen molar-refractivity contribution < 1.29 is 19.4 Å². The molecule has 1 amide bonds. The minimum Gasteiger partial charge on any atom is -0.504 e. The van der Waals surface area contributed by atoms with E-state index in [0.29, 0.717) is 18.1 Å². The molecule has 0 aromatic rings. The first kappa shape index (κ1) is 25.4. The zero-order chi connectivity index (χ0) is 26.3. The molecule has 36 heavy (non-hydrogen) atoms. The molecule has 0 heterocycles. The molecule has 6 atom stereocenters. The van der Waals surface area contributed by atoms with E-state index in [1.807, 2.05) is 13.8 Å². The van der Waals surface area contributed by atoms with Gasteiger partial charge in [-0.25, -0.2) is 4.79 Å². The number of aliphatic hydroxyl groups is 1. The highest BCUT2D eigenvalue weighted by atomic mass is 16.5. The number of aliphatic hydroxyl groups excluding tert-OH is 1. The fourth-order valence-electron chi connectivity index (χ4n) is 8.98. The Kier molecular flexibility index (Phi) is 5.53. The zero-order valence-electron chi connectivity index (χ0n) is 23.1. The molecule has 0 saturated heterocycles. The number of ketones is 1. The summed E-state index contributed by atoms with van der Waals surface area (Å²) in [6.45, 7) is 16.0. The van der Waals surface area contributed by atoms with Gasteiger partial charge in [0.2, 0.25) is 5.78 Å². The highest BCUT2D eigenvalue weighted by Gasteiger charge is 2.66. The summed E-state index contributed by atoms with van der Waals surface area (Å²) in [6.07, 6.45) is 13.2. The highest BCUT2D eigenvalue weighted by Crippen LogP contribution is 2.75. The van der Waals surface area contributed by atoms with Crippen molar-refractivity contribution in [1.82, 2.24) is 5.32 Å². The number of carbonyl (C=O) groups excluding carboxylic acids is 2. The van der Waals surface area contributed by atoms with Crippen LogP contribution in [-0.4, -0.2) is 29.1 Å². The molecule has 5 rings (SSSR count). The number of alkyl carbamates (subject to hydrolysis) is 1. The van der Waals surface area contributed by atoms with Gasteiger partial charge in [-0.05, 0) is 105 Å². The van der Waals surface area contributed by atoms with Crippen molar-refractivity contribution in [2.75, 3.05) is 6.61 Å². The van der Waals surface area contributed by atoms with Gasteiger partial charge in [0.15, 0.2) is 5.76 Å². The number of allylic oxidation sites excluding steroid dienone is 7. The average molecular weight is 494 g/mol. The van der Waals surface area contributed by atoms with Crippen LogP contribution in [0.4, 0.5) is 4.79 Å². The second kappa shape index (κ2) is 7.85. The van der Waals surface area contributed by atoms with E-state index in [9.17, 15) is 14.7 Å². The summed E-state index contributed by atoms with van der Waals surface area (Å²) in [5.74, 6) is 0.0687. The third-order valence-electron chi connectivity index (χ3n) is 11.6. The van der Waals surface area contributed by atoms with Gasteiger partial charge < -0.3 is 15.2 Å². The lowest BCUT2D eigenvalue weighted by molar-refractivity contribution is -0.153. The van der Waals surface area contributed by atoms with E-state index in [4.69, 9.17) is 4.74 Å². The van der Waals surface area contributed by atoms with Gasteiger partial charge in [0.25, 0.3) is 0 Å². The Balaban J connectivity index is 1.56. The lowest BCUT2D eigenvalue weighted by atomic mass is 9.35. The molecule has 0 radical (unpaired) electrons. The second-order valence-corrected chi connectivity index (χ2v) is 13.5. The Morgan fingerprint density at radius 2 is 1.75 bits per heavy atom. The van der Waals surface area contributed by atoms with E-state index in [1.54, 1.807) is 6.08 Å². The minimum atomic E-state index is -0.309. The van der Waals surface area contributed by atoms with E-state index in [1.165, 1.54) is 12.0 Å². The van der Waals surface area contributed by atoms with Crippen molar-refractivity contribution in [2.24, 2.45) is 27.6 Å². The molecule has 5 heteroatoms. The Labute approximate surface area is 216 Å². The van der Waals surface area contributed by atoms with E-state index >= 15 is 0 Å². The summed E-state index contributed by atoms with van der Waals surface area (Å²) >= 11 is 0. The van der Waals surface area contributed by atoms with Crippen molar-refractivity contribution >= 4 is 11.9 Å². The quantitative estimate of drug-likeness (QED) is 0.430. The number of hydrogen-bond acceptors (Lipinski definition) is 4. The molecular formula is C31H43NO4. The number of carbonyl (C=O) groups is 2. The van der Waals surface area contributed by atoms with Crippen LogP contribution in [0.25, 0.3) is 0 Å². The summed E-state index contributed by atoms with van der Waals surface area (Å²) in [5.41, 5.74) is 4.03. The molecule has 196 valence electrons. The van der Waals surface area contributed by atoms with Crippen LogP contribution < -0.4 is 5.32 Å². The van der Waals surface area contributed by atoms with Crippen LogP contribution in [0, 0.1) is 27.6 Å². The summed E-state index contributed by atoms with van der Waals surface area (Å²) in [7, 11) is 0. The zero-order valence-corrected chi connectivity index (χ0v) is 23.1. The van der Waals surface area contributed by atoms with Crippen molar-refractivity contribution in [1.29, 1.82) is 0 Å². The van der Waals surface area contributed by atoms with E-state index in [0.717, 1.165) is 49.7 Å². The first-order valence-corrected chi connectivity index (χ1v) is 13.8. The van der Waals surface area contributed by atoms with Crippen LogP contribution in [0.15, 0.2) is 46.3 Å². The Hall–Kier alpha value is -2.30. The Morgan fingerprint density at radius 3 is 2.44 bits per heavy atom. The number of amides is 1. The molecule has 0 bridgehead atoms. The smallest absolute Gasteiger partial charge is 0.407 e. The third kappa shape index (κ3) is 3.26. The van der Waals surface area contributed by atoms with Crippen molar-refractivity contribution in [3.63, 3.8) is 0 Å². The van der Waals surface area contributed by atoms with Crippen LogP contribution in [0.5, 0.6) is 0 Å². The molecule has 0 spiro atoms. The van der Waals surface area contributed by atoms with Gasteiger partial charge in [-0.3, -0.25) is 4.79 Å². The predicted octanol–water partition coefficient (Wildman–Crippen LogP) is 7.11. The molecule has 0 aliphatic heterocycles. The largest absolute Gasteiger partial charge is 0.504 e. The maximum atomic E-state index is 12.7. The molecule has 0 aromatic heterocycles. The van der Waals surface area contributed by atoms with Crippen molar-refractivity contribution in [2.45, 2.75) is 99.0 Å². The molecule has 2 N–H and O–H groups in total. The molecular weight excluding hydrogens is 450 g/mol. The second-order valence-electron chi connectivity index (χ2n) is 13.5. The number of nitrogens with one attached hydrogen (secondary N) is 1. The molecule has 3 fully saturated rings. The van der Waals surface area contributed by atoms with Gasteiger partial charge in [-0.2, -0.15) is 0 Å². The van der Waals surface area contributed by atoms with E-state index in [2.05, 4.69) is 52.1 Å². The van der Waals surface area contributed by atoms with Crippen LogP contribution in [0.3, 0.4) is 0 Å². The van der Waals surface area contributed by atoms with E-state index in [-0.39, 0.29) is 44.8 Å². The lowest BCUT2D eigenvalue weighted by Gasteiger charge is -2.70. The molecule has 5 aliphatic rings. The summed E-state index contributed by atoms with van der Waals surface area (Å²) in [6, 6.07) is 0. The first-order chi connectivity index (χ1) is 16.7. The third-order valence-corrected chi connectivity index (χ3v) is 11.6. The Morgan fingerprint density at radius 1 is 1.06 bits per heavy atom. The Bertz CT molecular complexity index is 1160. The maximum absolute atomic E-state index is 12.7. The van der Waals surface area contributed by atoms with E-state index < -0.39 is 0 Å². The van der Waals surface area contributed by atoms with Gasteiger partial charge in [0.05, 0.1) is 6.61 Å². The average Bonchev–Trinajstić information content (AvgIpc) is 2.81. The number of rotatable bonds is 2. The van der Waals surface area contributed by atoms with Crippen LogP contribution in [0.2, 0.25) is 0 Å².